The Hall–Kier alpha value is -0.900. The molecule has 2 N–H and O–H groups in total. The van der Waals surface area contributed by atoms with E-state index in [9.17, 15) is 0 Å². The second-order valence-corrected chi connectivity index (χ2v) is 3.93. The van der Waals surface area contributed by atoms with Crippen molar-refractivity contribution in [1.29, 1.82) is 0 Å². The molecule has 0 spiro atoms. The topological polar surface area (TPSA) is 56.7 Å². The molecule has 1 aromatic rings. The van der Waals surface area contributed by atoms with Crippen LogP contribution in [0.15, 0.2) is 6.20 Å². The van der Waals surface area contributed by atoms with Crippen molar-refractivity contribution in [3.05, 3.63) is 11.9 Å². The SMILES string of the molecule is C[C@H](N)c1cnnn1CC1CCC1. The van der Waals surface area contributed by atoms with Crippen molar-refractivity contribution in [3.63, 3.8) is 0 Å². The first-order valence-electron chi connectivity index (χ1n) is 4.91. The molecule has 1 saturated carbocycles. The quantitative estimate of drug-likeness (QED) is 0.757. The van der Waals surface area contributed by atoms with E-state index in [-0.39, 0.29) is 6.04 Å². The Morgan fingerprint density at radius 3 is 3.00 bits per heavy atom. The predicted molar refractivity (Wildman–Crippen MR) is 50.0 cm³/mol. The highest BCUT2D eigenvalue weighted by molar-refractivity contribution is 4.99. The third-order valence-corrected chi connectivity index (χ3v) is 2.77. The second-order valence-electron chi connectivity index (χ2n) is 3.93. The lowest BCUT2D eigenvalue weighted by atomic mass is 9.85. The normalized spacial score (nSPS) is 19.8. The maximum Gasteiger partial charge on any atom is 0.0751 e. The molecule has 0 radical (unpaired) electrons. The number of nitrogens with zero attached hydrogens (tertiary/aromatic N) is 3. The van der Waals surface area contributed by atoms with Gasteiger partial charge in [-0.05, 0) is 25.7 Å². The van der Waals surface area contributed by atoms with Gasteiger partial charge in [0.1, 0.15) is 0 Å². The molecule has 1 aromatic heterocycles. The highest BCUT2D eigenvalue weighted by atomic mass is 15.4. The minimum Gasteiger partial charge on any atom is -0.323 e. The fourth-order valence-corrected chi connectivity index (χ4v) is 1.68. The lowest BCUT2D eigenvalue weighted by Gasteiger charge is -2.25. The van der Waals surface area contributed by atoms with E-state index in [1.807, 2.05) is 11.6 Å². The van der Waals surface area contributed by atoms with Crippen molar-refractivity contribution in [2.45, 2.75) is 38.8 Å². The molecule has 0 unspecified atom stereocenters. The Balaban J connectivity index is 2.05. The Bertz CT molecular complexity index is 275. The lowest BCUT2D eigenvalue weighted by Crippen LogP contribution is -2.22. The van der Waals surface area contributed by atoms with Crippen LogP contribution in [-0.4, -0.2) is 15.0 Å². The van der Waals surface area contributed by atoms with Crippen LogP contribution in [-0.2, 0) is 6.54 Å². The van der Waals surface area contributed by atoms with Crippen LogP contribution < -0.4 is 5.73 Å². The molecule has 4 nitrogen and oxygen atoms in total. The van der Waals surface area contributed by atoms with Gasteiger partial charge in [-0.15, -0.1) is 5.10 Å². The summed E-state index contributed by atoms with van der Waals surface area (Å²) in [7, 11) is 0. The monoisotopic (exact) mass is 180 g/mol. The van der Waals surface area contributed by atoms with E-state index in [1.165, 1.54) is 19.3 Å². The molecule has 0 aromatic carbocycles. The first kappa shape index (κ1) is 8.69. The molecule has 13 heavy (non-hydrogen) atoms. The highest BCUT2D eigenvalue weighted by Crippen LogP contribution is 2.28. The van der Waals surface area contributed by atoms with Crippen LogP contribution in [0.1, 0.15) is 37.9 Å². The molecule has 1 heterocycles. The van der Waals surface area contributed by atoms with Crippen molar-refractivity contribution >= 4 is 0 Å². The van der Waals surface area contributed by atoms with E-state index >= 15 is 0 Å². The molecule has 0 bridgehead atoms. The molecule has 1 aliphatic carbocycles. The number of nitrogens with two attached hydrogens (primary N) is 1. The third kappa shape index (κ3) is 1.72. The molecule has 0 aliphatic heterocycles. The van der Waals surface area contributed by atoms with E-state index in [0.29, 0.717) is 0 Å². The zero-order valence-electron chi connectivity index (χ0n) is 7.98. The van der Waals surface area contributed by atoms with E-state index in [1.54, 1.807) is 6.20 Å². The summed E-state index contributed by atoms with van der Waals surface area (Å²) in [5, 5.41) is 7.93. The first-order chi connectivity index (χ1) is 6.27. The molecule has 1 fully saturated rings. The van der Waals surface area contributed by atoms with E-state index in [0.717, 1.165) is 18.2 Å². The number of hydrogen-bond donors (Lipinski definition) is 1. The summed E-state index contributed by atoms with van der Waals surface area (Å²) in [6.45, 7) is 2.97. The van der Waals surface area contributed by atoms with Gasteiger partial charge in [-0.1, -0.05) is 11.6 Å². The highest BCUT2D eigenvalue weighted by Gasteiger charge is 2.20. The maximum absolute atomic E-state index is 5.79. The maximum atomic E-state index is 5.79. The predicted octanol–water partition coefficient (Wildman–Crippen LogP) is 1.10. The molecule has 0 amide bonds. The van der Waals surface area contributed by atoms with Gasteiger partial charge >= 0.3 is 0 Å². The van der Waals surface area contributed by atoms with Crippen molar-refractivity contribution in [2.75, 3.05) is 0 Å². The smallest absolute Gasteiger partial charge is 0.0751 e. The zero-order valence-corrected chi connectivity index (χ0v) is 7.98. The summed E-state index contributed by atoms with van der Waals surface area (Å²) in [4.78, 5) is 0. The molecular formula is C9H16N4. The van der Waals surface area contributed by atoms with Crippen LogP contribution in [0, 0.1) is 5.92 Å². The van der Waals surface area contributed by atoms with Crippen molar-refractivity contribution in [1.82, 2.24) is 15.0 Å². The van der Waals surface area contributed by atoms with Gasteiger partial charge in [0.05, 0.1) is 11.9 Å². The number of rotatable bonds is 3. The second kappa shape index (κ2) is 3.46. The summed E-state index contributed by atoms with van der Waals surface area (Å²) >= 11 is 0. The standard InChI is InChI=1S/C9H16N4/c1-7(10)9-5-11-12-13(9)6-8-3-2-4-8/h5,7-8H,2-4,6,10H2,1H3/t7-/m0/s1. The van der Waals surface area contributed by atoms with Crippen LogP contribution in [0.2, 0.25) is 0 Å². The van der Waals surface area contributed by atoms with Gasteiger partial charge in [0, 0.05) is 12.6 Å². The summed E-state index contributed by atoms with van der Waals surface area (Å²) in [6, 6.07) is 0.0371. The lowest BCUT2D eigenvalue weighted by molar-refractivity contribution is 0.260. The van der Waals surface area contributed by atoms with E-state index < -0.39 is 0 Å². The van der Waals surface area contributed by atoms with Gasteiger partial charge < -0.3 is 5.73 Å². The Morgan fingerprint density at radius 2 is 2.46 bits per heavy atom. The fourth-order valence-electron chi connectivity index (χ4n) is 1.68. The van der Waals surface area contributed by atoms with Crippen molar-refractivity contribution < 1.29 is 0 Å². The van der Waals surface area contributed by atoms with E-state index in [4.69, 9.17) is 5.73 Å². The average molecular weight is 180 g/mol. The molecule has 1 atom stereocenters. The van der Waals surface area contributed by atoms with E-state index in [2.05, 4.69) is 10.3 Å². The van der Waals surface area contributed by atoms with Gasteiger partial charge in [0.2, 0.25) is 0 Å². The number of aromatic nitrogens is 3. The summed E-state index contributed by atoms with van der Waals surface area (Å²) < 4.78 is 1.95. The number of hydrogen-bond acceptors (Lipinski definition) is 3. The van der Waals surface area contributed by atoms with Crippen LogP contribution in [0.5, 0.6) is 0 Å². The molecule has 2 rings (SSSR count). The molecule has 4 heteroatoms. The summed E-state index contributed by atoms with van der Waals surface area (Å²) in [5.41, 5.74) is 6.84. The van der Waals surface area contributed by atoms with Gasteiger partial charge in [0.15, 0.2) is 0 Å². The van der Waals surface area contributed by atoms with Crippen LogP contribution in [0.25, 0.3) is 0 Å². The average Bonchev–Trinajstić information content (AvgIpc) is 2.44. The van der Waals surface area contributed by atoms with Gasteiger partial charge in [-0.2, -0.15) is 0 Å². The van der Waals surface area contributed by atoms with Crippen LogP contribution in [0.3, 0.4) is 0 Å². The summed E-state index contributed by atoms with van der Waals surface area (Å²) in [5.74, 6) is 0.805. The summed E-state index contributed by atoms with van der Waals surface area (Å²) in [6.07, 6.45) is 5.80. The Morgan fingerprint density at radius 1 is 1.69 bits per heavy atom. The van der Waals surface area contributed by atoms with Crippen LogP contribution >= 0.6 is 0 Å². The zero-order chi connectivity index (χ0) is 9.26. The molecule has 1 aliphatic rings. The molecule has 72 valence electrons. The minimum atomic E-state index is 0.0371. The first-order valence-corrected chi connectivity index (χ1v) is 4.91. The Labute approximate surface area is 78.1 Å². The molecular weight excluding hydrogens is 164 g/mol. The van der Waals surface area contributed by atoms with Gasteiger partial charge in [-0.3, -0.25) is 0 Å². The largest absolute Gasteiger partial charge is 0.323 e. The third-order valence-electron chi connectivity index (χ3n) is 2.77. The van der Waals surface area contributed by atoms with Gasteiger partial charge in [0.25, 0.3) is 0 Å². The fraction of sp³-hybridized carbons (Fsp3) is 0.778. The molecule has 0 saturated heterocycles. The van der Waals surface area contributed by atoms with Gasteiger partial charge in [-0.25, -0.2) is 4.68 Å². The minimum absolute atomic E-state index is 0.0371. The van der Waals surface area contributed by atoms with Crippen molar-refractivity contribution in [2.24, 2.45) is 11.7 Å². The van der Waals surface area contributed by atoms with Crippen LogP contribution in [0.4, 0.5) is 0 Å². The van der Waals surface area contributed by atoms with Crippen molar-refractivity contribution in [3.8, 4) is 0 Å². The Kier molecular flexibility index (Phi) is 2.31.